The molecule has 2 aromatic heterocycles. The SMILES string of the molecule is CCc1ncc2c(n1)c(N(C)c1ccccc1)nc1cc(C(=O)O)ccc12. The number of pyridine rings is 1. The molecule has 4 rings (SSSR count). The number of aromatic carboxylic acids is 1. The van der Waals surface area contributed by atoms with Crippen molar-refractivity contribution < 1.29 is 9.90 Å². The van der Waals surface area contributed by atoms with Gasteiger partial charge in [-0.15, -0.1) is 0 Å². The Morgan fingerprint density at radius 1 is 1.07 bits per heavy atom. The van der Waals surface area contributed by atoms with E-state index < -0.39 is 5.97 Å². The molecule has 0 aliphatic carbocycles. The Morgan fingerprint density at radius 3 is 2.56 bits per heavy atom. The molecule has 0 radical (unpaired) electrons. The fourth-order valence-electron chi connectivity index (χ4n) is 3.12. The number of hydrogen-bond donors (Lipinski definition) is 1. The van der Waals surface area contributed by atoms with Crippen LogP contribution in [0.1, 0.15) is 23.1 Å². The van der Waals surface area contributed by atoms with Crippen LogP contribution in [0.4, 0.5) is 11.5 Å². The highest BCUT2D eigenvalue weighted by atomic mass is 16.4. The van der Waals surface area contributed by atoms with Crippen LogP contribution in [0.5, 0.6) is 0 Å². The predicted octanol–water partition coefficient (Wildman–Crippen LogP) is 4.21. The Labute approximate surface area is 156 Å². The topological polar surface area (TPSA) is 79.2 Å². The number of fused-ring (bicyclic) bond motifs is 3. The minimum Gasteiger partial charge on any atom is -0.478 e. The minimum atomic E-state index is -0.977. The lowest BCUT2D eigenvalue weighted by molar-refractivity contribution is 0.0697. The number of hydrogen-bond acceptors (Lipinski definition) is 5. The molecular formula is C21H18N4O2. The van der Waals surface area contributed by atoms with E-state index in [1.165, 1.54) is 0 Å². The molecule has 1 N–H and O–H groups in total. The summed E-state index contributed by atoms with van der Waals surface area (Å²) in [6.45, 7) is 2.01. The average molecular weight is 358 g/mol. The summed E-state index contributed by atoms with van der Waals surface area (Å²) in [5.74, 6) is 0.436. The fraction of sp³-hybridized carbons (Fsp3) is 0.143. The second-order valence-electron chi connectivity index (χ2n) is 6.27. The lowest BCUT2D eigenvalue weighted by Gasteiger charge is -2.20. The molecule has 0 spiro atoms. The van der Waals surface area contributed by atoms with Gasteiger partial charge in [0.1, 0.15) is 11.3 Å². The Morgan fingerprint density at radius 2 is 1.85 bits per heavy atom. The summed E-state index contributed by atoms with van der Waals surface area (Å²) in [5, 5.41) is 11.0. The first-order chi connectivity index (χ1) is 13.1. The molecule has 0 amide bonds. The predicted molar refractivity (Wildman–Crippen MR) is 106 cm³/mol. The van der Waals surface area contributed by atoms with E-state index >= 15 is 0 Å². The number of anilines is 2. The number of benzene rings is 2. The standard InChI is InChI=1S/C21H18N4O2/c1-3-18-22-12-16-15-10-9-13(21(26)27)11-17(15)23-20(19(16)24-18)25(2)14-7-5-4-6-8-14/h4-12H,3H2,1-2H3,(H,26,27). The normalized spacial score (nSPS) is 11.0. The number of carboxylic acid groups (broad SMARTS) is 1. The molecule has 27 heavy (non-hydrogen) atoms. The van der Waals surface area contributed by atoms with Gasteiger partial charge in [0.2, 0.25) is 0 Å². The van der Waals surface area contributed by atoms with Crippen molar-refractivity contribution in [2.45, 2.75) is 13.3 Å². The average Bonchev–Trinajstić information content (AvgIpc) is 2.72. The highest BCUT2D eigenvalue weighted by Crippen LogP contribution is 2.33. The first-order valence-corrected chi connectivity index (χ1v) is 8.70. The maximum absolute atomic E-state index is 11.4. The van der Waals surface area contributed by atoms with Gasteiger partial charge in [0.05, 0.1) is 11.1 Å². The number of aryl methyl sites for hydroxylation is 1. The van der Waals surface area contributed by atoms with Crippen molar-refractivity contribution in [3.8, 4) is 0 Å². The molecule has 0 unspecified atom stereocenters. The first kappa shape index (κ1) is 16.9. The van der Waals surface area contributed by atoms with Gasteiger partial charge in [0.25, 0.3) is 0 Å². The van der Waals surface area contributed by atoms with Gasteiger partial charge in [-0.2, -0.15) is 0 Å². The lowest BCUT2D eigenvalue weighted by Crippen LogP contribution is -2.13. The number of carboxylic acids is 1. The fourth-order valence-corrected chi connectivity index (χ4v) is 3.12. The van der Waals surface area contributed by atoms with Crippen LogP contribution < -0.4 is 4.90 Å². The lowest BCUT2D eigenvalue weighted by atomic mass is 10.1. The van der Waals surface area contributed by atoms with Crippen molar-refractivity contribution in [3.63, 3.8) is 0 Å². The van der Waals surface area contributed by atoms with Gasteiger partial charge in [-0.05, 0) is 24.3 Å². The molecule has 0 saturated carbocycles. The molecule has 0 fully saturated rings. The highest BCUT2D eigenvalue weighted by molar-refractivity contribution is 6.10. The van der Waals surface area contributed by atoms with Crippen molar-refractivity contribution in [2.75, 3.05) is 11.9 Å². The third kappa shape index (κ3) is 2.95. The van der Waals surface area contributed by atoms with Crippen LogP contribution >= 0.6 is 0 Å². The van der Waals surface area contributed by atoms with Crippen LogP contribution in [-0.2, 0) is 6.42 Å². The molecule has 2 heterocycles. The summed E-state index contributed by atoms with van der Waals surface area (Å²) < 4.78 is 0. The third-order valence-corrected chi connectivity index (χ3v) is 4.59. The van der Waals surface area contributed by atoms with Crippen LogP contribution in [-0.4, -0.2) is 33.1 Å². The number of carbonyl (C=O) groups is 1. The quantitative estimate of drug-likeness (QED) is 0.551. The molecule has 6 heteroatoms. The Hall–Kier alpha value is -3.54. The van der Waals surface area contributed by atoms with Crippen molar-refractivity contribution >= 4 is 39.3 Å². The number of rotatable bonds is 4. The smallest absolute Gasteiger partial charge is 0.335 e. The summed E-state index contributed by atoms with van der Waals surface area (Å²) in [6, 6.07) is 14.8. The van der Waals surface area contributed by atoms with E-state index in [1.807, 2.05) is 49.2 Å². The van der Waals surface area contributed by atoms with E-state index in [1.54, 1.807) is 24.4 Å². The number of aromatic nitrogens is 3. The summed E-state index contributed by atoms with van der Waals surface area (Å²) in [5.41, 5.74) is 2.53. The number of para-hydroxylation sites is 1. The van der Waals surface area contributed by atoms with E-state index in [0.717, 1.165) is 34.2 Å². The van der Waals surface area contributed by atoms with Crippen LogP contribution in [0, 0.1) is 0 Å². The van der Waals surface area contributed by atoms with Crippen molar-refractivity contribution in [1.29, 1.82) is 0 Å². The van der Waals surface area contributed by atoms with Crippen LogP contribution in [0.2, 0.25) is 0 Å². The van der Waals surface area contributed by atoms with Gasteiger partial charge < -0.3 is 10.0 Å². The maximum Gasteiger partial charge on any atom is 0.335 e. The Kier molecular flexibility index (Phi) is 4.16. The molecule has 2 aromatic carbocycles. The Balaban J connectivity index is 2.05. The molecule has 0 aliphatic heterocycles. The van der Waals surface area contributed by atoms with Crippen molar-refractivity contribution in [1.82, 2.24) is 15.0 Å². The van der Waals surface area contributed by atoms with Crippen LogP contribution in [0.25, 0.3) is 21.8 Å². The Bertz CT molecular complexity index is 1160. The molecule has 4 aromatic rings. The van der Waals surface area contributed by atoms with Crippen molar-refractivity contribution in [3.05, 3.63) is 66.1 Å². The zero-order valence-electron chi connectivity index (χ0n) is 15.0. The van der Waals surface area contributed by atoms with Gasteiger partial charge in [0, 0.05) is 36.1 Å². The monoisotopic (exact) mass is 358 g/mol. The molecule has 0 bridgehead atoms. The van der Waals surface area contributed by atoms with E-state index in [2.05, 4.69) is 4.98 Å². The largest absolute Gasteiger partial charge is 0.478 e. The summed E-state index contributed by atoms with van der Waals surface area (Å²) >= 11 is 0. The van der Waals surface area contributed by atoms with Gasteiger partial charge >= 0.3 is 5.97 Å². The van der Waals surface area contributed by atoms with E-state index in [0.29, 0.717) is 11.3 Å². The van der Waals surface area contributed by atoms with Gasteiger partial charge in [-0.25, -0.2) is 19.7 Å². The zero-order chi connectivity index (χ0) is 19.0. The number of nitrogens with zero attached hydrogens (tertiary/aromatic N) is 4. The highest BCUT2D eigenvalue weighted by Gasteiger charge is 2.16. The summed E-state index contributed by atoms with van der Waals surface area (Å²) in [6.07, 6.45) is 2.52. The summed E-state index contributed by atoms with van der Waals surface area (Å²) in [7, 11) is 1.93. The molecule has 134 valence electrons. The van der Waals surface area contributed by atoms with Gasteiger partial charge in [0.15, 0.2) is 5.82 Å². The van der Waals surface area contributed by atoms with Gasteiger partial charge in [-0.1, -0.05) is 31.2 Å². The summed E-state index contributed by atoms with van der Waals surface area (Å²) in [4.78, 5) is 27.2. The van der Waals surface area contributed by atoms with Crippen LogP contribution in [0.15, 0.2) is 54.7 Å². The van der Waals surface area contributed by atoms with E-state index in [-0.39, 0.29) is 5.56 Å². The van der Waals surface area contributed by atoms with Crippen molar-refractivity contribution in [2.24, 2.45) is 0 Å². The first-order valence-electron chi connectivity index (χ1n) is 8.70. The molecule has 0 atom stereocenters. The second kappa shape index (κ2) is 6.64. The molecule has 0 aliphatic rings. The molecule has 0 saturated heterocycles. The zero-order valence-corrected chi connectivity index (χ0v) is 15.0. The van der Waals surface area contributed by atoms with E-state index in [9.17, 15) is 9.90 Å². The minimum absolute atomic E-state index is 0.203. The third-order valence-electron chi connectivity index (χ3n) is 4.59. The van der Waals surface area contributed by atoms with Crippen LogP contribution in [0.3, 0.4) is 0 Å². The van der Waals surface area contributed by atoms with E-state index in [4.69, 9.17) is 9.97 Å². The molecular weight excluding hydrogens is 340 g/mol. The second-order valence-corrected chi connectivity index (χ2v) is 6.27. The molecule has 6 nitrogen and oxygen atoms in total. The maximum atomic E-state index is 11.4. The van der Waals surface area contributed by atoms with Gasteiger partial charge in [-0.3, -0.25) is 0 Å².